The number of carbonyl (C=O) groups is 3. The number of hydrogen-bond donors (Lipinski definition) is 1. The quantitative estimate of drug-likeness (QED) is 0.264. The molecule has 2 fully saturated rings. The number of aromatic nitrogens is 2. The Bertz CT molecular complexity index is 1350. The Kier molecular flexibility index (Phi) is 7.03. The minimum absolute atomic E-state index is 0.122. The summed E-state index contributed by atoms with van der Waals surface area (Å²) in [5, 5.41) is 2.74. The summed E-state index contributed by atoms with van der Waals surface area (Å²) in [6.45, 7) is 6.32. The van der Waals surface area contributed by atoms with Crippen LogP contribution in [0.15, 0.2) is 40.7 Å². The van der Waals surface area contributed by atoms with Gasteiger partial charge in [-0.25, -0.2) is 4.98 Å². The van der Waals surface area contributed by atoms with E-state index in [1.807, 2.05) is 13.0 Å². The van der Waals surface area contributed by atoms with E-state index in [1.165, 1.54) is 22.5 Å². The maximum absolute atomic E-state index is 13.7. The molecule has 0 saturated carbocycles. The standard InChI is InChI=1S/C23H23N5O5S2/c1-4-8-28-22(32)16(35-23(28)34)11-14-19(25-18-13(2)6-5-9-27(18)21(14)31)26-10-7-24-20(30)15(26)12-17(29)33-3/h4-6,9,11,15H,1,7-8,10,12H2,2-3H3,(H,24,30)/b16-11-/t15-/m0/s1. The number of amides is 2. The number of fused-ring (bicyclic) bond motifs is 1. The van der Waals surface area contributed by atoms with Gasteiger partial charge in [-0.05, 0) is 24.6 Å². The number of nitrogens with zero attached hydrogens (tertiary/aromatic N) is 4. The molecule has 2 aliphatic heterocycles. The van der Waals surface area contributed by atoms with Gasteiger partial charge in [0, 0.05) is 25.8 Å². The zero-order chi connectivity index (χ0) is 25.3. The van der Waals surface area contributed by atoms with Gasteiger partial charge < -0.3 is 15.0 Å². The first-order valence-electron chi connectivity index (χ1n) is 10.8. The molecule has 4 heterocycles. The lowest BCUT2D eigenvalue weighted by atomic mass is 10.1. The fourth-order valence-corrected chi connectivity index (χ4v) is 5.23. The fourth-order valence-electron chi connectivity index (χ4n) is 3.98. The average Bonchev–Trinajstić information content (AvgIpc) is 3.10. The molecule has 0 radical (unpaired) electrons. The first-order valence-corrected chi connectivity index (χ1v) is 12.0. The molecule has 0 spiro atoms. The smallest absolute Gasteiger partial charge is 0.308 e. The third-order valence-electron chi connectivity index (χ3n) is 5.72. The zero-order valence-electron chi connectivity index (χ0n) is 19.1. The van der Waals surface area contributed by atoms with E-state index in [1.54, 1.807) is 23.2 Å². The van der Waals surface area contributed by atoms with E-state index < -0.39 is 17.6 Å². The summed E-state index contributed by atoms with van der Waals surface area (Å²) in [5.74, 6) is -1.08. The second-order valence-corrected chi connectivity index (χ2v) is 9.58. The molecule has 2 aromatic heterocycles. The molecule has 0 unspecified atom stereocenters. The van der Waals surface area contributed by atoms with E-state index in [-0.39, 0.29) is 41.1 Å². The molecule has 2 aliphatic rings. The van der Waals surface area contributed by atoms with Gasteiger partial charge >= 0.3 is 5.97 Å². The molecule has 2 amide bonds. The van der Waals surface area contributed by atoms with Crippen LogP contribution in [0.4, 0.5) is 5.82 Å². The SMILES string of the molecule is C=CCN1C(=O)/C(=C/c2c(N3CCNC(=O)[C@@H]3CC(=O)OC)nc3c(C)cccn3c2=O)SC1=S. The van der Waals surface area contributed by atoms with Crippen LogP contribution in [0.1, 0.15) is 17.5 Å². The maximum Gasteiger partial charge on any atom is 0.308 e. The van der Waals surface area contributed by atoms with Crippen LogP contribution in [0, 0.1) is 6.92 Å². The van der Waals surface area contributed by atoms with E-state index in [9.17, 15) is 19.2 Å². The normalized spacial score (nSPS) is 19.4. The van der Waals surface area contributed by atoms with Crippen molar-refractivity contribution in [3.8, 4) is 0 Å². The summed E-state index contributed by atoms with van der Waals surface area (Å²) in [5.41, 5.74) is 0.870. The summed E-state index contributed by atoms with van der Waals surface area (Å²) in [6, 6.07) is 2.62. The van der Waals surface area contributed by atoms with Crippen molar-refractivity contribution in [2.75, 3.05) is 31.6 Å². The molecule has 1 N–H and O–H groups in total. The highest BCUT2D eigenvalue weighted by molar-refractivity contribution is 8.26. The number of anilines is 1. The van der Waals surface area contributed by atoms with E-state index in [4.69, 9.17) is 21.9 Å². The van der Waals surface area contributed by atoms with Crippen LogP contribution in [-0.4, -0.2) is 69.2 Å². The first-order chi connectivity index (χ1) is 16.8. The molecule has 0 aromatic carbocycles. The van der Waals surface area contributed by atoms with E-state index >= 15 is 0 Å². The Hall–Kier alpha value is -3.51. The van der Waals surface area contributed by atoms with Crippen LogP contribution in [0.25, 0.3) is 11.7 Å². The van der Waals surface area contributed by atoms with Gasteiger partial charge in [0.05, 0.1) is 24.0 Å². The summed E-state index contributed by atoms with van der Waals surface area (Å²) in [4.78, 5) is 59.5. The molecule has 0 aliphatic carbocycles. The zero-order valence-corrected chi connectivity index (χ0v) is 20.8. The van der Waals surface area contributed by atoms with Crippen LogP contribution < -0.4 is 15.8 Å². The van der Waals surface area contributed by atoms with Gasteiger partial charge in [0.1, 0.15) is 21.8 Å². The number of thiocarbonyl (C=S) groups is 1. The highest BCUT2D eigenvalue weighted by atomic mass is 32.2. The lowest BCUT2D eigenvalue weighted by molar-refractivity contribution is -0.143. The van der Waals surface area contributed by atoms with Crippen molar-refractivity contribution in [1.29, 1.82) is 0 Å². The number of pyridine rings is 1. The van der Waals surface area contributed by atoms with Gasteiger partial charge in [0.15, 0.2) is 0 Å². The van der Waals surface area contributed by atoms with Gasteiger partial charge in [-0.2, -0.15) is 0 Å². The number of ether oxygens (including phenoxy) is 1. The van der Waals surface area contributed by atoms with Crippen LogP contribution in [-0.2, 0) is 19.1 Å². The van der Waals surface area contributed by atoms with Gasteiger partial charge in [-0.3, -0.25) is 28.5 Å². The Morgan fingerprint density at radius 3 is 2.89 bits per heavy atom. The molecule has 2 aromatic rings. The highest BCUT2D eigenvalue weighted by Gasteiger charge is 2.36. The number of rotatable bonds is 6. The number of hydrogen-bond acceptors (Lipinski definition) is 9. The molecule has 12 heteroatoms. The molecule has 4 rings (SSSR count). The first kappa shape index (κ1) is 24.6. The van der Waals surface area contributed by atoms with Crippen molar-refractivity contribution in [2.45, 2.75) is 19.4 Å². The Balaban J connectivity index is 1.93. The number of methoxy groups -OCH3 is 1. The summed E-state index contributed by atoms with van der Waals surface area (Å²) >= 11 is 6.40. The second-order valence-electron chi connectivity index (χ2n) is 7.90. The number of carbonyl (C=O) groups excluding carboxylic acids is 3. The highest BCUT2D eigenvalue weighted by Crippen LogP contribution is 2.34. The number of thioether (sulfide) groups is 1. The molecular formula is C23H23N5O5S2. The number of nitrogens with one attached hydrogen (secondary N) is 1. The van der Waals surface area contributed by atoms with E-state index in [2.05, 4.69) is 11.9 Å². The average molecular weight is 514 g/mol. The molecular weight excluding hydrogens is 490 g/mol. The van der Waals surface area contributed by atoms with Crippen molar-refractivity contribution in [2.24, 2.45) is 0 Å². The summed E-state index contributed by atoms with van der Waals surface area (Å²) in [6.07, 6.45) is 4.40. The Labute approximate surface area is 210 Å². The molecule has 10 nitrogen and oxygen atoms in total. The summed E-state index contributed by atoms with van der Waals surface area (Å²) < 4.78 is 6.53. The lowest BCUT2D eigenvalue weighted by Gasteiger charge is -2.36. The van der Waals surface area contributed by atoms with Crippen LogP contribution in [0.3, 0.4) is 0 Å². The van der Waals surface area contributed by atoms with Crippen molar-refractivity contribution < 1.29 is 19.1 Å². The number of piperazine rings is 1. The molecule has 35 heavy (non-hydrogen) atoms. The molecule has 182 valence electrons. The minimum Gasteiger partial charge on any atom is -0.469 e. The topological polar surface area (TPSA) is 113 Å². The third kappa shape index (κ3) is 4.58. The largest absolute Gasteiger partial charge is 0.469 e. The van der Waals surface area contributed by atoms with Gasteiger partial charge in [-0.15, -0.1) is 6.58 Å². The van der Waals surface area contributed by atoms with E-state index in [0.717, 1.165) is 17.3 Å². The predicted molar refractivity (Wildman–Crippen MR) is 137 cm³/mol. The minimum atomic E-state index is -0.933. The van der Waals surface area contributed by atoms with Crippen molar-refractivity contribution in [3.05, 3.63) is 57.4 Å². The number of esters is 1. The summed E-state index contributed by atoms with van der Waals surface area (Å²) in [7, 11) is 1.24. The molecule has 1 atom stereocenters. The van der Waals surface area contributed by atoms with E-state index in [0.29, 0.717) is 23.1 Å². The Morgan fingerprint density at radius 1 is 1.40 bits per heavy atom. The van der Waals surface area contributed by atoms with Gasteiger partial charge in [-0.1, -0.05) is 36.1 Å². The maximum atomic E-state index is 13.7. The predicted octanol–water partition coefficient (Wildman–Crippen LogP) is 1.26. The van der Waals surface area contributed by atoms with Crippen molar-refractivity contribution in [1.82, 2.24) is 19.6 Å². The van der Waals surface area contributed by atoms with Gasteiger partial charge in [0.2, 0.25) is 5.91 Å². The monoisotopic (exact) mass is 513 g/mol. The van der Waals surface area contributed by atoms with Gasteiger partial charge in [0.25, 0.3) is 11.5 Å². The lowest BCUT2D eigenvalue weighted by Crippen LogP contribution is -2.57. The molecule has 2 saturated heterocycles. The number of aryl methyl sites for hydroxylation is 1. The fraction of sp³-hybridized carbons (Fsp3) is 0.304. The second kappa shape index (κ2) is 10.0. The van der Waals surface area contributed by atoms with Crippen molar-refractivity contribution >= 4 is 63.6 Å². The van der Waals surface area contributed by atoms with Crippen LogP contribution >= 0.6 is 24.0 Å². The Morgan fingerprint density at radius 2 is 2.17 bits per heavy atom. The van der Waals surface area contributed by atoms with Crippen LogP contribution in [0.2, 0.25) is 0 Å². The molecule has 0 bridgehead atoms. The van der Waals surface area contributed by atoms with Crippen molar-refractivity contribution in [3.63, 3.8) is 0 Å². The third-order valence-corrected chi connectivity index (χ3v) is 7.09. The van der Waals surface area contributed by atoms with Crippen LogP contribution in [0.5, 0.6) is 0 Å².